The molecule has 29 heavy (non-hydrogen) atoms. The molecular weight excluding hydrogens is 352 g/mol. The summed E-state index contributed by atoms with van der Waals surface area (Å²) in [7, 11) is 2.17. The summed E-state index contributed by atoms with van der Waals surface area (Å²) in [6.45, 7) is 4.26. The van der Waals surface area contributed by atoms with Crippen LogP contribution in [0.25, 0.3) is 16.6 Å². The van der Waals surface area contributed by atoms with Crippen molar-refractivity contribution in [1.82, 2.24) is 4.57 Å². The Bertz CT molecular complexity index is 1120. The number of aromatic nitrogens is 1. The van der Waals surface area contributed by atoms with Gasteiger partial charge in [-0.05, 0) is 49.3 Å². The van der Waals surface area contributed by atoms with E-state index >= 15 is 0 Å². The maximum Gasteiger partial charge on any atom is 0.0732 e. The Morgan fingerprint density at radius 2 is 1.76 bits per heavy atom. The first-order chi connectivity index (χ1) is 14.2. The van der Waals surface area contributed by atoms with Gasteiger partial charge in [-0.25, -0.2) is 0 Å². The van der Waals surface area contributed by atoms with Crippen LogP contribution in [0.3, 0.4) is 0 Å². The molecule has 0 saturated heterocycles. The molecule has 0 N–H and O–H groups in total. The van der Waals surface area contributed by atoms with Gasteiger partial charge in [-0.3, -0.25) is 0 Å². The van der Waals surface area contributed by atoms with Gasteiger partial charge in [0.05, 0.1) is 11.4 Å². The van der Waals surface area contributed by atoms with E-state index in [0.29, 0.717) is 0 Å². The average molecular weight is 381 g/mol. The van der Waals surface area contributed by atoms with Crippen LogP contribution in [-0.2, 0) is 7.05 Å². The Morgan fingerprint density at radius 3 is 2.48 bits per heavy atom. The summed E-state index contributed by atoms with van der Waals surface area (Å²) in [6.07, 6.45) is 13.0. The largest absolute Gasteiger partial charge is 0.342 e. The van der Waals surface area contributed by atoms with Crippen molar-refractivity contribution in [2.75, 3.05) is 4.90 Å². The highest BCUT2D eigenvalue weighted by Crippen LogP contribution is 2.43. The minimum Gasteiger partial charge on any atom is -0.342 e. The molecule has 4 rings (SSSR count). The van der Waals surface area contributed by atoms with Crippen LogP contribution < -0.4 is 4.90 Å². The zero-order chi connectivity index (χ0) is 20.2. The summed E-state index contributed by atoms with van der Waals surface area (Å²) in [5, 5.41) is 1.27. The summed E-state index contributed by atoms with van der Waals surface area (Å²) in [5.41, 5.74) is 7.61. The highest BCUT2D eigenvalue weighted by atomic mass is 15.2. The number of benzene rings is 2. The van der Waals surface area contributed by atoms with Crippen molar-refractivity contribution < 1.29 is 0 Å². The predicted molar refractivity (Wildman–Crippen MR) is 126 cm³/mol. The highest BCUT2D eigenvalue weighted by Gasteiger charge is 2.29. The molecule has 0 fully saturated rings. The molecule has 146 valence electrons. The Kier molecular flexibility index (Phi) is 5.53. The number of rotatable bonds is 5. The van der Waals surface area contributed by atoms with Gasteiger partial charge >= 0.3 is 0 Å². The van der Waals surface area contributed by atoms with Crippen LogP contribution in [0, 0.1) is 0 Å². The smallest absolute Gasteiger partial charge is 0.0732 e. The van der Waals surface area contributed by atoms with Crippen LogP contribution in [-0.4, -0.2) is 4.57 Å². The Morgan fingerprint density at radius 1 is 1.00 bits per heavy atom. The fourth-order valence-corrected chi connectivity index (χ4v) is 4.10. The number of para-hydroxylation sites is 2. The van der Waals surface area contributed by atoms with Crippen molar-refractivity contribution in [2.24, 2.45) is 7.05 Å². The minimum absolute atomic E-state index is 0.921. The van der Waals surface area contributed by atoms with Crippen LogP contribution in [0.5, 0.6) is 0 Å². The van der Waals surface area contributed by atoms with Gasteiger partial charge in [0.1, 0.15) is 0 Å². The summed E-state index contributed by atoms with van der Waals surface area (Å²) in [6, 6.07) is 21.6. The van der Waals surface area contributed by atoms with E-state index in [1.807, 2.05) is 0 Å². The fourth-order valence-electron chi connectivity index (χ4n) is 4.10. The molecule has 1 aromatic heterocycles. The summed E-state index contributed by atoms with van der Waals surface area (Å²) < 4.78 is 2.31. The minimum atomic E-state index is 0.921. The van der Waals surface area contributed by atoms with Crippen molar-refractivity contribution in [2.45, 2.75) is 26.7 Å². The van der Waals surface area contributed by atoms with Crippen molar-refractivity contribution in [3.8, 4) is 0 Å². The third-order valence-electron chi connectivity index (χ3n) is 5.42. The molecule has 0 bridgehead atoms. The average Bonchev–Trinajstić information content (AvgIpc) is 3.27. The van der Waals surface area contributed by atoms with E-state index in [1.165, 1.54) is 39.3 Å². The molecule has 2 aromatic carbocycles. The molecule has 1 aliphatic rings. The molecule has 1 aliphatic heterocycles. The van der Waals surface area contributed by atoms with E-state index in [-0.39, 0.29) is 0 Å². The van der Waals surface area contributed by atoms with Gasteiger partial charge in [0.15, 0.2) is 0 Å². The second-order valence-electron chi connectivity index (χ2n) is 7.36. The molecule has 2 heteroatoms. The molecule has 0 aliphatic carbocycles. The van der Waals surface area contributed by atoms with E-state index in [4.69, 9.17) is 0 Å². The van der Waals surface area contributed by atoms with Gasteiger partial charge in [0.25, 0.3) is 0 Å². The van der Waals surface area contributed by atoms with Crippen molar-refractivity contribution in [3.05, 3.63) is 108 Å². The SMILES string of the molecule is C/C=C\C1=C(c2cc3ccccc3n2C)N(c2ccccc2)/C(=C/C=C\CC)C1. The highest BCUT2D eigenvalue weighted by molar-refractivity contribution is 5.94. The third-order valence-corrected chi connectivity index (χ3v) is 5.42. The lowest BCUT2D eigenvalue weighted by Crippen LogP contribution is -2.17. The van der Waals surface area contributed by atoms with Gasteiger partial charge < -0.3 is 9.47 Å². The lowest BCUT2D eigenvalue weighted by atomic mass is 10.1. The maximum absolute atomic E-state index is 2.42. The number of fused-ring (bicyclic) bond motifs is 1. The van der Waals surface area contributed by atoms with Gasteiger partial charge in [0, 0.05) is 35.8 Å². The Labute approximate surface area is 173 Å². The van der Waals surface area contributed by atoms with E-state index in [1.54, 1.807) is 0 Å². The molecule has 0 radical (unpaired) electrons. The summed E-state index contributed by atoms with van der Waals surface area (Å²) in [4.78, 5) is 2.42. The van der Waals surface area contributed by atoms with Gasteiger partial charge in [-0.1, -0.05) is 67.6 Å². The molecule has 2 nitrogen and oxygen atoms in total. The first kappa shape index (κ1) is 19.1. The maximum atomic E-state index is 2.42. The molecule has 0 spiro atoms. The number of allylic oxidation sites excluding steroid dienone is 6. The third kappa shape index (κ3) is 3.58. The standard InChI is InChI=1S/C27H28N2/c1-4-6-8-17-24-19-22(13-5-2)27(29(24)23-15-9-7-10-16-23)26-20-21-14-11-12-18-25(21)28(26)3/h5-18,20H,4,19H2,1-3H3/b8-6-,13-5-,24-17+. The predicted octanol–water partition coefficient (Wildman–Crippen LogP) is 7.23. The first-order valence-corrected chi connectivity index (χ1v) is 10.4. The number of anilines is 1. The van der Waals surface area contributed by atoms with Crippen LogP contribution in [0.2, 0.25) is 0 Å². The van der Waals surface area contributed by atoms with Crippen molar-refractivity contribution in [3.63, 3.8) is 0 Å². The Hall–Kier alpha value is -3.26. The van der Waals surface area contributed by atoms with Gasteiger partial charge in [-0.15, -0.1) is 0 Å². The molecule has 0 unspecified atom stereocenters. The van der Waals surface area contributed by atoms with E-state index < -0.39 is 0 Å². The second-order valence-corrected chi connectivity index (χ2v) is 7.36. The number of aryl methyl sites for hydroxylation is 1. The monoisotopic (exact) mass is 380 g/mol. The Balaban J connectivity index is 1.95. The zero-order valence-electron chi connectivity index (χ0n) is 17.5. The molecule has 2 heterocycles. The zero-order valence-corrected chi connectivity index (χ0v) is 17.5. The van der Waals surface area contributed by atoms with E-state index in [9.17, 15) is 0 Å². The van der Waals surface area contributed by atoms with Crippen LogP contribution in [0.1, 0.15) is 32.4 Å². The summed E-state index contributed by atoms with van der Waals surface area (Å²) in [5.74, 6) is 0. The molecule has 0 amide bonds. The lowest BCUT2D eigenvalue weighted by molar-refractivity contribution is 0.940. The number of hydrogen-bond acceptors (Lipinski definition) is 1. The van der Waals surface area contributed by atoms with Crippen LogP contribution >= 0.6 is 0 Å². The molecule has 0 atom stereocenters. The lowest BCUT2D eigenvalue weighted by Gasteiger charge is -2.25. The second kappa shape index (κ2) is 8.40. The van der Waals surface area contributed by atoms with Gasteiger partial charge in [-0.2, -0.15) is 0 Å². The number of hydrogen-bond donors (Lipinski definition) is 0. The molecule has 0 saturated carbocycles. The molecular formula is C27H28N2. The summed E-state index contributed by atoms with van der Waals surface area (Å²) >= 11 is 0. The fraction of sp³-hybridized carbons (Fsp3) is 0.185. The first-order valence-electron chi connectivity index (χ1n) is 10.4. The van der Waals surface area contributed by atoms with Crippen LogP contribution in [0.4, 0.5) is 5.69 Å². The van der Waals surface area contributed by atoms with Crippen molar-refractivity contribution >= 4 is 22.3 Å². The number of nitrogens with zero attached hydrogens (tertiary/aromatic N) is 2. The van der Waals surface area contributed by atoms with Gasteiger partial charge in [0.2, 0.25) is 0 Å². The van der Waals surface area contributed by atoms with E-state index in [0.717, 1.165) is 12.8 Å². The normalized spacial score (nSPS) is 16.4. The topological polar surface area (TPSA) is 8.17 Å². The van der Waals surface area contributed by atoms with Crippen LogP contribution in [0.15, 0.2) is 102 Å². The van der Waals surface area contributed by atoms with E-state index in [2.05, 4.69) is 121 Å². The van der Waals surface area contributed by atoms with Crippen molar-refractivity contribution in [1.29, 1.82) is 0 Å². The molecule has 3 aromatic rings. The quantitative estimate of drug-likeness (QED) is 0.453.